The zero-order valence-corrected chi connectivity index (χ0v) is 20.8. The number of rotatable bonds is 9. The van der Waals surface area contributed by atoms with E-state index in [4.69, 9.17) is 4.74 Å². The van der Waals surface area contributed by atoms with Crippen molar-refractivity contribution in [3.8, 4) is 0 Å². The van der Waals surface area contributed by atoms with Crippen molar-refractivity contribution in [3.05, 3.63) is 29.8 Å². The van der Waals surface area contributed by atoms with Crippen LogP contribution < -0.4 is 0 Å². The molecule has 2 aliphatic heterocycles. The molecule has 182 valence electrons. The van der Waals surface area contributed by atoms with Gasteiger partial charge in [-0.25, -0.2) is 13.2 Å². The lowest BCUT2D eigenvalue weighted by atomic mass is 10.1. The van der Waals surface area contributed by atoms with Gasteiger partial charge in [-0.05, 0) is 37.3 Å². The molecular weight excluding hydrogens is 464 g/mol. The molecule has 0 aliphatic carbocycles. The van der Waals surface area contributed by atoms with Gasteiger partial charge in [0, 0.05) is 30.6 Å². The first-order valence-corrected chi connectivity index (χ1v) is 14.1. The lowest BCUT2D eigenvalue weighted by molar-refractivity contribution is -0.137. The summed E-state index contributed by atoms with van der Waals surface area (Å²) >= 11 is 1.29. The van der Waals surface area contributed by atoms with Crippen LogP contribution in [0.5, 0.6) is 0 Å². The smallest absolute Gasteiger partial charge is 0.339 e. The van der Waals surface area contributed by atoms with Crippen LogP contribution in [0, 0.1) is 5.92 Å². The summed E-state index contributed by atoms with van der Waals surface area (Å²) in [4.78, 5) is 41.9. The third-order valence-electron chi connectivity index (χ3n) is 5.77. The monoisotopic (exact) mass is 496 g/mol. The molecule has 3 rings (SSSR count). The van der Waals surface area contributed by atoms with Gasteiger partial charge in [0.05, 0.1) is 22.8 Å². The normalized spacial score (nSPS) is 19.6. The van der Waals surface area contributed by atoms with E-state index in [9.17, 15) is 22.8 Å². The van der Waals surface area contributed by atoms with E-state index in [1.54, 1.807) is 24.3 Å². The number of esters is 1. The van der Waals surface area contributed by atoms with Crippen molar-refractivity contribution in [2.45, 2.75) is 44.0 Å². The fraction of sp³-hybridized carbons (Fsp3) is 0.609. The van der Waals surface area contributed by atoms with Crippen molar-refractivity contribution < 1.29 is 27.5 Å². The zero-order valence-electron chi connectivity index (χ0n) is 19.2. The van der Waals surface area contributed by atoms with E-state index in [2.05, 4.69) is 0 Å². The predicted molar refractivity (Wildman–Crippen MR) is 127 cm³/mol. The standard InChI is InChI=1S/C23H32N2O6S2/c1-17(2)13-25(18-9-12-33(29,30)16-18)21(26)14-31-23(28)19-7-3-4-8-20(19)32-15-22(27)24-10-5-6-11-24/h3-4,7-8,17-18H,5-6,9-16H2,1-2H3/t18-/m1/s1. The predicted octanol–water partition coefficient (Wildman–Crippen LogP) is 2.23. The lowest BCUT2D eigenvalue weighted by Gasteiger charge is -2.29. The van der Waals surface area contributed by atoms with Gasteiger partial charge in [-0.2, -0.15) is 0 Å². The Labute approximate surface area is 199 Å². The van der Waals surface area contributed by atoms with Gasteiger partial charge in [0.25, 0.3) is 5.91 Å². The highest BCUT2D eigenvalue weighted by Crippen LogP contribution is 2.25. The number of likely N-dealkylation sites (tertiary alicyclic amines) is 1. The van der Waals surface area contributed by atoms with Gasteiger partial charge >= 0.3 is 5.97 Å². The molecule has 0 bridgehead atoms. The maximum Gasteiger partial charge on any atom is 0.339 e. The van der Waals surface area contributed by atoms with Crippen LogP contribution in [-0.4, -0.2) is 85.5 Å². The van der Waals surface area contributed by atoms with Gasteiger partial charge in [-0.1, -0.05) is 26.0 Å². The molecule has 1 aromatic carbocycles. The molecule has 0 saturated carbocycles. The van der Waals surface area contributed by atoms with Gasteiger partial charge in [-0.3, -0.25) is 9.59 Å². The number of hydrogen-bond acceptors (Lipinski definition) is 7. The topological polar surface area (TPSA) is 101 Å². The molecule has 2 aliphatic rings. The summed E-state index contributed by atoms with van der Waals surface area (Å²) in [6.45, 7) is 5.41. The van der Waals surface area contributed by atoms with E-state index in [1.807, 2.05) is 18.7 Å². The van der Waals surface area contributed by atoms with Crippen molar-refractivity contribution in [2.75, 3.05) is 43.5 Å². The van der Waals surface area contributed by atoms with Crippen LogP contribution in [0.1, 0.15) is 43.5 Å². The molecule has 2 amide bonds. The number of amides is 2. The van der Waals surface area contributed by atoms with Crippen LogP contribution in [0.15, 0.2) is 29.2 Å². The van der Waals surface area contributed by atoms with Crippen molar-refractivity contribution >= 4 is 39.4 Å². The Hall–Kier alpha value is -2.07. The second-order valence-electron chi connectivity index (χ2n) is 8.95. The Morgan fingerprint density at radius 1 is 1.18 bits per heavy atom. The Bertz CT molecular complexity index is 973. The number of thioether (sulfide) groups is 1. The summed E-state index contributed by atoms with van der Waals surface area (Å²) in [5.41, 5.74) is 0.309. The molecule has 0 spiro atoms. The summed E-state index contributed by atoms with van der Waals surface area (Å²) in [7, 11) is -3.14. The van der Waals surface area contributed by atoms with E-state index in [1.165, 1.54) is 16.7 Å². The lowest BCUT2D eigenvalue weighted by Crippen LogP contribution is -2.45. The average Bonchev–Trinajstić information content (AvgIpc) is 3.43. The van der Waals surface area contributed by atoms with Crippen LogP contribution in [0.4, 0.5) is 0 Å². The largest absolute Gasteiger partial charge is 0.452 e. The quantitative estimate of drug-likeness (QED) is 0.382. The number of carbonyl (C=O) groups excluding carboxylic acids is 3. The average molecular weight is 497 g/mol. The zero-order chi connectivity index (χ0) is 24.0. The highest BCUT2D eigenvalue weighted by atomic mass is 32.2. The molecule has 33 heavy (non-hydrogen) atoms. The van der Waals surface area contributed by atoms with Crippen molar-refractivity contribution in [1.82, 2.24) is 9.80 Å². The number of benzene rings is 1. The minimum absolute atomic E-state index is 0.0479. The maximum absolute atomic E-state index is 12.9. The molecule has 1 aromatic rings. The van der Waals surface area contributed by atoms with Gasteiger partial charge in [0.15, 0.2) is 16.4 Å². The number of ether oxygens (including phenoxy) is 1. The van der Waals surface area contributed by atoms with Crippen LogP contribution in [0.25, 0.3) is 0 Å². The molecule has 2 fully saturated rings. The van der Waals surface area contributed by atoms with Crippen LogP contribution >= 0.6 is 11.8 Å². The fourth-order valence-corrected chi connectivity index (χ4v) is 6.79. The molecule has 1 atom stereocenters. The van der Waals surface area contributed by atoms with Crippen LogP contribution in [0.3, 0.4) is 0 Å². The van der Waals surface area contributed by atoms with E-state index < -0.39 is 28.3 Å². The summed E-state index contributed by atoms with van der Waals surface area (Å²) in [5.74, 6) is -0.576. The third kappa shape index (κ3) is 7.20. The minimum atomic E-state index is -3.14. The molecule has 0 aromatic heterocycles. The highest BCUT2D eigenvalue weighted by Gasteiger charge is 2.35. The second-order valence-corrected chi connectivity index (χ2v) is 12.2. The Morgan fingerprint density at radius 3 is 2.52 bits per heavy atom. The van der Waals surface area contributed by atoms with Crippen LogP contribution in [0.2, 0.25) is 0 Å². The molecule has 8 nitrogen and oxygen atoms in total. The van der Waals surface area contributed by atoms with E-state index in [-0.39, 0.29) is 35.1 Å². The molecule has 2 heterocycles. The fourth-order valence-electron chi connectivity index (χ4n) is 4.12. The summed E-state index contributed by atoms with van der Waals surface area (Å²) in [6, 6.07) is 6.48. The van der Waals surface area contributed by atoms with Gasteiger partial charge < -0.3 is 14.5 Å². The molecule has 0 N–H and O–H groups in total. The summed E-state index contributed by atoms with van der Waals surface area (Å²) in [6.07, 6.45) is 2.45. The first-order chi connectivity index (χ1) is 15.7. The number of nitrogens with zero attached hydrogens (tertiary/aromatic N) is 2. The summed E-state index contributed by atoms with van der Waals surface area (Å²) < 4.78 is 29.1. The first kappa shape index (κ1) is 25.6. The highest BCUT2D eigenvalue weighted by molar-refractivity contribution is 8.00. The Balaban J connectivity index is 1.59. The van der Waals surface area contributed by atoms with Crippen LogP contribution in [-0.2, 0) is 24.2 Å². The molecule has 0 radical (unpaired) electrons. The van der Waals surface area contributed by atoms with E-state index in [0.717, 1.165) is 25.9 Å². The van der Waals surface area contributed by atoms with Crippen molar-refractivity contribution in [2.24, 2.45) is 5.92 Å². The van der Waals surface area contributed by atoms with E-state index in [0.29, 0.717) is 23.4 Å². The number of hydrogen-bond donors (Lipinski definition) is 0. The summed E-state index contributed by atoms with van der Waals surface area (Å²) in [5, 5.41) is 0. The number of carbonyl (C=O) groups is 3. The SMILES string of the molecule is CC(C)CN(C(=O)COC(=O)c1ccccc1SCC(=O)N1CCCC1)[C@@H]1CCS(=O)(=O)C1. The van der Waals surface area contributed by atoms with Crippen molar-refractivity contribution in [1.29, 1.82) is 0 Å². The third-order valence-corrected chi connectivity index (χ3v) is 8.58. The second kappa shape index (κ2) is 11.4. The van der Waals surface area contributed by atoms with E-state index >= 15 is 0 Å². The molecule has 10 heteroatoms. The van der Waals surface area contributed by atoms with Gasteiger partial charge in [0.2, 0.25) is 5.91 Å². The maximum atomic E-state index is 12.9. The minimum Gasteiger partial charge on any atom is -0.452 e. The van der Waals surface area contributed by atoms with Gasteiger partial charge in [0.1, 0.15) is 0 Å². The Kier molecular flexibility index (Phi) is 8.81. The molecular formula is C23H32N2O6S2. The number of sulfone groups is 1. The molecule has 2 saturated heterocycles. The van der Waals surface area contributed by atoms with Crippen molar-refractivity contribution in [3.63, 3.8) is 0 Å². The molecule has 0 unspecified atom stereocenters. The van der Waals surface area contributed by atoms with Gasteiger partial charge in [-0.15, -0.1) is 11.8 Å². The Morgan fingerprint density at radius 2 is 1.88 bits per heavy atom. The first-order valence-electron chi connectivity index (χ1n) is 11.3.